The van der Waals surface area contributed by atoms with Gasteiger partial charge in [0.1, 0.15) is 6.33 Å². The predicted octanol–water partition coefficient (Wildman–Crippen LogP) is 1.23. The van der Waals surface area contributed by atoms with Crippen molar-refractivity contribution in [3.8, 4) is 0 Å². The van der Waals surface area contributed by atoms with E-state index in [9.17, 15) is 18.5 Å². The zero-order valence-corrected chi connectivity index (χ0v) is 11.7. The van der Waals surface area contributed by atoms with Gasteiger partial charge in [-0.05, 0) is 12.1 Å². The minimum Gasteiger partial charge on any atom is -0.388 e. The number of aromatic nitrogens is 2. The molecule has 0 saturated heterocycles. The molecule has 0 unspecified atom stereocenters. The van der Waals surface area contributed by atoms with Crippen LogP contribution in [0.5, 0.6) is 0 Å². The first-order chi connectivity index (χ1) is 9.94. The van der Waals surface area contributed by atoms with E-state index in [4.69, 9.17) is 0 Å². The molecule has 0 bridgehead atoms. The van der Waals surface area contributed by atoms with Crippen LogP contribution in [0.15, 0.2) is 41.8 Å². The van der Waals surface area contributed by atoms with Crippen LogP contribution in [0.25, 0.3) is 0 Å². The molecule has 0 aliphatic rings. The molecule has 10 heteroatoms. The molecule has 0 aliphatic heterocycles. The van der Waals surface area contributed by atoms with E-state index in [1.165, 1.54) is 30.9 Å². The predicted molar refractivity (Wildman–Crippen MR) is 75.5 cm³/mol. The summed E-state index contributed by atoms with van der Waals surface area (Å²) < 4.78 is 26.8. The number of nitrogens with one attached hydrogen (secondary N) is 2. The Bertz CT molecular complexity index is 763. The van der Waals surface area contributed by atoms with Gasteiger partial charge in [-0.25, -0.2) is 18.4 Å². The number of nitro benzene ring substituents is 1. The molecule has 0 atom stereocenters. The van der Waals surface area contributed by atoms with Crippen molar-refractivity contribution in [3.05, 3.63) is 47.0 Å². The van der Waals surface area contributed by atoms with E-state index < -0.39 is 25.5 Å². The highest BCUT2D eigenvalue weighted by Gasteiger charge is 2.26. The topological polar surface area (TPSA) is 127 Å². The first-order valence-electron chi connectivity index (χ1n) is 5.68. The van der Waals surface area contributed by atoms with Crippen LogP contribution in [-0.2, 0) is 10.0 Å². The molecule has 110 valence electrons. The van der Waals surface area contributed by atoms with E-state index in [1.54, 1.807) is 7.05 Å². The molecule has 1 aromatic carbocycles. The summed E-state index contributed by atoms with van der Waals surface area (Å²) in [4.78, 5) is 17.1. The minimum atomic E-state index is -4.13. The first kappa shape index (κ1) is 14.7. The van der Waals surface area contributed by atoms with Gasteiger partial charge in [0.25, 0.3) is 15.7 Å². The lowest BCUT2D eigenvalue weighted by Gasteiger charge is -2.09. The number of nitro groups is 1. The van der Waals surface area contributed by atoms with E-state index >= 15 is 0 Å². The van der Waals surface area contributed by atoms with Crippen molar-refractivity contribution < 1.29 is 13.3 Å². The molecule has 0 saturated carbocycles. The molecule has 1 aromatic heterocycles. The third kappa shape index (κ3) is 3.23. The van der Waals surface area contributed by atoms with Gasteiger partial charge in [0.2, 0.25) is 0 Å². The van der Waals surface area contributed by atoms with Crippen LogP contribution in [0, 0.1) is 10.1 Å². The van der Waals surface area contributed by atoms with Crippen LogP contribution in [0.2, 0.25) is 0 Å². The van der Waals surface area contributed by atoms with Crippen molar-refractivity contribution in [2.24, 2.45) is 0 Å². The quantitative estimate of drug-likeness (QED) is 0.628. The molecule has 1 heterocycles. The smallest absolute Gasteiger partial charge is 0.290 e. The number of hydrogen-bond acceptors (Lipinski definition) is 7. The maximum absolute atomic E-state index is 12.3. The Balaban J connectivity index is 2.50. The molecule has 0 amide bonds. The third-order valence-corrected chi connectivity index (χ3v) is 3.96. The summed E-state index contributed by atoms with van der Waals surface area (Å²) in [5.41, 5.74) is 0.0327. The SMILES string of the molecule is CNc1ccc([N+](=O)[O-])c(S(=O)(=O)Nc2cncnc2)c1. The maximum Gasteiger partial charge on any atom is 0.290 e. The molecule has 0 fully saturated rings. The van der Waals surface area contributed by atoms with Gasteiger partial charge in [0.15, 0.2) is 4.90 Å². The summed E-state index contributed by atoms with van der Waals surface area (Å²) in [6.07, 6.45) is 3.73. The van der Waals surface area contributed by atoms with Gasteiger partial charge in [0, 0.05) is 18.8 Å². The van der Waals surface area contributed by atoms with Gasteiger partial charge < -0.3 is 5.32 Å². The van der Waals surface area contributed by atoms with E-state index in [0.717, 1.165) is 6.07 Å². The van der Waals surface area contributed by atoms with Crippen LogP contribution in [0.3, 0.4) is 0 Å². The summed E-state index contributed by atoms with van der Waals surface area (Å²) in [6, 6.07) is 3.73. The fourth-order valence-corrected chi connectivity index (χ4v) is 2.82. The molecule has 0 spiro atoms. The van der Waals surface area contributed by atoms with Gasteiger partial charge in [-0.1, -0.05) is 0 Å². The molecule has 9 nitrogen and oxygen atoms in total. The molecule has 0 aliphatic carbocycles. The Morgan fingerprint density at radius 2 is 1.86 bits per heavy atom. The fraction of sp³-hybridized carbons (Fsp3) is 0.0909. The number of rotatable bonds is 5. The van der Waals surface area contributed by atoms with Crippen molar-refractivity contribution in [1.82, 2.24) is 9.97 Å². The largest absolute Gasteiger partial charge is 0.388 e. The van der Waals surface area contributed by atoms with Crippen molar-refractivity contribution in [3.63, 3.8) is 0 Å². The molecular formula is C11H11N5O4S. The number of nitrogens with zero attached hydrogens (tertiary/aromatic N) is 3. The second-order valence-corrected chi connectivity index (χ2v) is 5.57. The number of sulfonamides is 1. The van der Waals surface area contributed by atoms with E-state index in [2.05, 4.69) is 20.0 Å². The zero-order chi connectivity index (χ0) is 15.5. The van der Waals surface area contributed by atoms with Gasteiger partial charge in [-0.15, -0.1) is 0 Å². The highest BCUT2D eigenvalue weighted by atomic mass is 32.2. The van der Waals surface area contributed by atoms with E-state index in [-0.39, 0.29) is 5.69 Å². The standard InChI is InChI=1S/C11H11N5O4S/c1-12-8-2-3-10(16(17)18)11(4-8)21(19,20)15-9-5-13-7-14-6-9/h2-7,12,15H,1H3. The highest BCUT2D eigenvalue weighted by Crippen LogP contribution is 2.28. The first-order valence-corrected chi connectivity index (χ1v) is 7.16. The summed E-state index contributed by atoms with van der Waals surface area (Å²) in [6.45, 7) is 0. The van der Waals surface area contributed by atoms with E-state index in [1.807, 2.05) is 0 Å². The van der Waals surface area contributed by atoms with Crippen molar-refractivity contribution in [2.75, 3.05) is 17.1 Å². The molecule has 2 N–H and O–H groups in total. The Morgan fingerprint density at radius 1 is 1.19 bits per heavy atom. The van der Waals surface area contributed by atoms with Crippen LogP contribution < -0.4 is 10.0 Å². The van der Waals surface area contributed by atoms with Gasteiger partial charge in [-0.2, -0.15) is 0 Å². The Labute approximate surface area is 120 Å². The third-order valence-electron chi connectivity index (χ3n) is 2.55. The van der Waals surface area contributed by atoms with Crippen molar-refractivity contribution >= 4 is 27.1 Å². The zero-order valence-electron chi connectivity index (χ0n) is 10.8. The Morgan fingerprint density at radius 3 is 2.43 bits per heavy atom. The average molecular weight is 309 g/mol. The molecule has 2 rings (SSSR count). The number of anilines is 2. The van der Waals surface area contributed by atoms with Crippen LogP contribution in [0.1, 0.15) is 0 Å². The van der Waals surface area contributed by atoms with Crippen molar-refractivity contribution in [2.45, 2.75) is 4.90 Å². The van der Waals surface area contributed by atoms with Gasteiger partial charge in [-0.3, -0.25) is 14.8 Å². The highest BCUT2D eigenvalue weighted by molar-refractivity contribution is 7.92. The summed E-state index contributed by atoms with van der Waals surface area (Å²) in [7, 11) is -2.55. The molecular weight excluding hydrogens is 298 g/mol. The van der Waals surface area contributed by atoms with Crippen LogP contribution in [0.4, 0.5) is 17.1 Å². The molecule has 0 radical (unpaired) electrons. The second-order valence-electron chi connectivity index (χ2n) is 3.92. The summed E-state index contributed by atoms with van der Waals surface area (Å²) >= 11 is 0. The lowest BCUT2D eigenvalue weighted by molar-refractivity contribution is -0.387. The second kappa shape index (κ2) is 5.71. The summed E-state index contributed by atoms with van der Waals surface area (Å²) in [5, 5.41) is 13.7. The van der Waals surface area contributed by atoms with E-state index in [0.29, 0.717) is 5.69 Å². The minimum absolute atomic E-state index is 0.113. The lowest BCUT2D eigenvalue weighted by atomic mass is 10.3. The normalized spacial score (nSPS) is 10.9. The van der Waals surface area contributed by atoms with Crippen LogP contribution >= 0.6 is 0 Å². The fourth-order valence-electron chi connectivity index (χ4n) is 1.60. The maximum atomic E-state index is 12.3. The Kier molecular flexibility index (Phi) is 3.98. The number of hydrogen-bond donors (Lipinski definition) is 2. The van der Waals surface area contributed by atoms with Crippen LogP contribution in [-0.4, -0.2) is 30.4 Å². The average Bonchev–Trinajstić information content (AvgIpc) is 2.47. The Hall–Kier alpha value is -2.75. The number of benzene rings is 1. The molecule has 2 aromatic rings. The monoisotopic (exact) mass is 309 g/mol. The molecule has 21 heavy (non-hydrogen) atoms. The van der Waals surface area contributed by atoms with Gasteiger partial charge in [0.05, 0.1) is 23.0 Å². The summed E-state index contributed by atoms with van der Waals surface area (Å²) in [5.74, 6) is 0. The van der Waals surface area contributed by atoms with Crippen molar-refractivity contribution in [1.29, 1.82) is 0 Å². The van der Waals surface area contributed by atoms with Gasteiger partial charge >= 0.3 is 0 Å². The lowest BCUT2D eigenvalue weighted by Crippen LogP contribution is -2.15.